The molecular formula is C13H10BClFNO3. The Morgan fingerprint density at radius 2 is 1.80 bits per heavy atom. The van der Waals surface area contributed by atoms with Crippen molar-refractivity contribution in [3.05, 3.63) is 58.9 Å². The molecule has 2 aromatic rings. The molecule has 3 N–H and O–H groups in total. The number of anilines is 1. The highest BCUT2D eigenvalue weighted by Gasteiger charge is 2.17. The van der Waals surface area contributed by atoms with Crippen LogP contribution in [-0.2, 0) is 0 Å². The molecule has 0 aliphatic rings. The van der Waals surface area contributed by atoms with Crippen molar-refractivity contribution in [2.75, 3.05) is 5.32 Å². The molecule has 0 aromatic heterocycles. The Bertz CT molecular complexity index is 634. The number of rotatable bonds is 3. The van der Waals surface area contributed by atoms with E-state index in [1.54, 1.807) is 24.3 Å². The number of carbonyl (C=O) groups excluding carboxylic acids is 1. The fourth-order valence-corrected chi connectivity index (χ4v) is 1.74. The highest BCUT2D eigenvalue weighted by molar-refractivity contribution is 6.58. The summed E-state index contributed by atoms with van der Waals surface area (Å²) in [7, 11) is -1.77. The Morgan fingerprint density at radius 3 is 2.40 bits per heavy atom. The largest absolute Gasteiger partial charge is 0.488 e. The highest BCUT2D eigenvalue weighted by Crippen LogP contribution is 2.15. The van der Waals surface area contributed by atoms with E-state index in [2.05, 4.69) is 5.32 Å². The first-order valence-electron chi connectivity index (χ1n) is 5.70. The van der Waals surface area contributed by atoms with Gasteiger partial charge < -0.3 is 15.4 Å². The van der Waals surface area contributed by atoms with Crippen molar-refractivity contribution in [3.8, 4) is 0 Å². The van der Waals surface area contributed by atoms with E-state index in [9.17, 15) is 9.18 Å². The molecule has 0 aliphatic carbocycles. The van der Waals surface area contributed by atoms with Crippen LogP contribution in [0, 0.1) is 5.82 Å². The van der Waals surface area contributed by atoms with Crippen molar-refractivity contribution in [1.29, 1.82) is 0 Å². The molecule has 0 saturated heterocycles. The summed E-state index contributed by atoms with van der Waals surface area (Å²) in [5.74, 6) is -1.44. The van der Waals surface area contributed by atoms with Crippen molar-refractivity contribution in [2.24, 2.45) is 0 Å². The zero-order chi connectivity index (χ0) is 14.7. The molecule has 0 unspecified atom stereocenters. The monoisotopic (exact) mass is 293 g/mol. The standard InChI is InChI=1S/C13H10BClFNO3/c15-9-2-4-10(5-3-9)17-13(18)11-7-8(14(19)20)1-6-12(11)16/h1-7,19-20H,(H,17,18). The maximum Gasteiger partial charge on any atom is 0.488 e. The second-order valence-corrected chi connectivity index (χ2v) is 4.51. The second-order valence-electron chi connectivity index (χ2n) is 4.07. The van der Waals surface area contributed by atoms with Gasteiger partial charge >= 0.3 is 7.12 Å². The van der Waals surface area contributed by atoms with Crippen molar-refractivity contribution in [2.45, 2.75) is 0 Å². The van der Waals surface area contributed by atoms with Crippen LogP contribution in [0.25, 0.3) is 0 Å². The maximum atomic E-state index is 13.6. The minimum Gasteiger partial charge on any atom is -0.423 e. The third kappa shape index (κ3) is 3.36. The number of halogens is 2. The molecule has 0 atom stereocenters. The molecule has 0 heterocycles. The lowest BCUT2D eigenvalue weighted by Crippen LogP contribution is -2.31. The Balaban J connectivity index is 2.24. The van der Waals surface area contributed by atoms with Crippen LogP contribution >= 0.6 is 11.6 Å². The van der Waals surface area contributed by atoms with E-state index in [1.165, 1.54) is 6.07 Å². The minimum atomic E-state index is -1.77. The van der Waals surface area contributed by atoms with E-state index in [4.69, 9.17) is 21.6 Å². The van der Waals surface area contributed by atoms with Gasteiger partial charge in [-0.05, 0) is 41.9 Å². The predicted octanol–water partition coefficient (Wildman–Crippen LogP) is 1.41. The summed E-state index contributed by atoms with van der Waals surface area (Å²) in [5.41, 5.74) is 0.215. The number of benzene rings is 2. The molecule has 0 fully saturated rings. The average molecular weight is 293 g/mol. The van der Waals surface area contributed by atoms with Gasteiger partial charge in [0.25, 0.3) is 5.91 Å². The quantitative estimate of drug-likeness (QED) is 0.750. The molecular weight excluding hydrogens is 283 g/mol. The highest BCUT2D eigenvalue weighted by atomic mass is 35.5. The molecule has 0 radical (unpaired) electrons. The Kier molecular flexibility index (Phi) is 4.39. The van der Waals surface area contributed by atoms with E-state index in [0.717, 1.165) is 12.1 Å². The van der Waals surface area contributed by atoms with Gasteiger partial charge in [-0.3, -0.25) is 4.79 Å². The van der Waals surface area contributed by atoms with Gasteiger partial charge in [-0.15, -0.1) is 0 Å². The van der Waals surface area contributed by atoms with Crippen LogP contribution < -0.4 is 10.8 Å². The lowest BCUT2D eigenvalue weighted by atomic mass is 9.79. The summed E-state index contributed by atoms with van der Waals surface area (Å²) in [6, 6.07) is 9.60. The molecule has 0 aliphatic heterocycles. The number of hydrogen-bond donors (Lipinski definition) is 3. The SMILES string of the molecule is O=C(Nc1ccc(Cl)cc1)c1cc(B(O)O)ccc1F. The van der Waals surface area contributed by atoms with Gasteiger partial charge in [-0.25, -0.2) is 4.39 Å². The summed E-state index contributed by atoms with van der Waals surface area (Å²) in [6.45, 7) is 0. The van der Waals surface area contributed by atoms with Gasteiger partial charge in [0.15, 0.2) is 0 Å². The predicted molar refractivity (Wildman–Crippen MR) is 75.6 cm³/mol. The third-order valence-electron chi connectivity index (χ3n) is 2.64. The van der Waals surface area contributed by atoms with Crippen LogP contribution in [0.4, 0.5) is 10.1 Å². The van der Waals surface area contributed by atoms with Crippen LogP contribution in [0.15, 0.2) is 42.5 Å². The first-order valence-corrected chi connectivity index (χ1v) is 6.07. The fourth-order valence-electron chi connectivity index (χ4n) is 1.61. The lowest BCUT2D eigenvalue weighted by molar-refractivity contribution is 0.102. The fraction of sp³-hybridized carbons (Fsp3) is 0. The normalized spacial score (nSPS) is 10.2. The summed E-state index contributed by atoms with van der Waals surface area (Å²) in [6.07, 6.45) is 0. The zero-order valence-corrected chi connectivity index (χ0v) is 10.9. The molecule has 4 nitrogen and oxygen atoms in total. The Hall–Kier alpha value is -1.89. The maximum absolute atomic E-state index is 13.6. The van der Waals surface area contributed by atoms with E-state index in [0.29, 0.717) is 10.7 Å². The first-order chi connectivity index (χ1) is 9.47. The molecule has 102 valence electrons. The molecule has 2 aromatic carbocycles. The summed E-state index contributed by atoms with van der Waals surface area (Å²) < 4.78 is 13.6. The summed E-state index contributed by atoms with van der Waals surface area (Å²) >= 11 is 5.72. The van der Waals surface area contributed by atoms with E-state index >= 15 is 0 Å². The molecule has 7 heteroatoms. The topological polar surface area (TPSA) is 69.6 Å². The molecule has 0 bridgehead atoms. The van der Waals surface area contributed by atoms with Crippen molar-refractivity contribution >= 4 is 35.8 Å². The number of amides is 1. The van der Waals surface area contributed by atoms with Crippen LogP contribution in [-0.4, -0.2) is 23.1 Å². The van der Waals surface area contributed by atoms with Gasteiger partial charge in [0, 0.05) is 10.7 Å². The van der Waals surface area contributed by atoms with Crippen LogP contribution in [0.1, 0.15) is 10.4 Å². The zero-order valence-electron chi connectivity index (χ0n) is 10.2. The summed E-state index contributed by atoms with van der Waals surface area (Å²) in [4.78, 5) is 11.9. The van der Waals surface area contributed by atoms with Gasteiger partial charge in [0.1, 0.15) is 5.82 Å². The van der Waals surface area contributed by atoms with Crippen molar-refractivity contribution in [3.63, 3.8) is 0 Å². The van der Waals surface area contributed by atoms with Crippen molar-refractivity contribution < 1.29 is 19.2 Å². The molecule has 2 rings (SSSR count). The average Bonchev–Trinajstić information content (AvgIpc) is 2.41. The minimum absolute atomic E-state index is 0.0349. The number of nitrogens with one attached hydrogen (secondary N) is 1. The van der Waals surface area contributed by atoms with E-state index in [1.807, 2.05) is 0 Å². The van der Waals surface area contributed by atoms with Gasteiger partial charge in [0.2, 0.25) is 0 Å². The molecule has 1 amide bonds. The number of hydrogen-bond acceptors (Lipinski definition) is 3. The van der Waals surface area contributed by atoms with Crippen LogP contribution in [0.3, 0.4) is 0 Å². The van der Waals surface area contributed by atoms with Gasteiger partial charge in [0.05, 0.1) is 5.56 Å². The smallest absolute Gasteiger partial charge is 0.423 e. The van der Waals surface area contributed by atoms with Crippen LogP contribution in [0.2, 0.25) is 5.02 Å². The molecule has 20 heavy (non-hydrogen) atoms. The summed E-state index contributed by atoms with van der Waals surface area (Å²) in [5, 5.41) is 21.1. The van der Waals surface area contributed by atoms with E-state index < -0.39 is 18.8 Å². The lowest BCUT2D eigenvalue weighted by Gasteiger charge is -2.08. The molecule has 0 saturated carbocycles. The Morgan fingerprint density at radius 1 is 1.15 bits per heavy atom. The number of carbonyl (C=O) groups is 1. The first kappa shape index (κ1) is 14.5. The van der Waals surface area contributed by atoms with Gasteiger partial charge in [-0.2, -0.15) is 0 Å². The third-order valence-corrected chi connectivity index (χ3v) is 2.89. The van der Waals surface area contributed by atoms with Gasteiger partial charge in [-0.1, -0.05) is 17.7 Å². The second kappa shape index (κ2) is 6.05. The van der Waals surface area contributed by atoms with Crippen molar-refractivity contribution in [1.82, 2.24) is 0 Å². The van der Waals surface area contributed by atoms with E-state index in [-0.39, 0.29) is 11.0 Å². The Labute approximate surface area is 120 Å². The van der Waals surface area contributed by atoms with Crippen LogP contribution in [0.5, 0.6) is 0 Å². The molecule has 0 spiro atoms.